The monoisotopic (exact) mass is 365 g/mol. The fraction of sp³-hybridized carbons (Fsp3) is 0.684. The fourth-order valence-corrected chi connectivity index (χ4v) is 4.31. The van der Waals surface area contributed by atoms with Crippen LogP contribution in [0.1, 0.15) is 51.5 Å². The maximum atomic E-state index is 12.8. The standard InChI is InChI=1S/C19H31N3O2S/c1-5-21(6-2)19(24)22-11-7-9-15(13-22)18(23)20-17(14(3)4)16-10-8-12-25-16/h8,10,12,14-15,17H,5-7,9,11,13H2,1-4H3,(H,20,23)/t15-,17+/m0/s1. The summed E-state index contributed by atoms with van der Waals surface area (Å²) >= 11 is 1.68. The van der Waals surface area contributed by atoms with Gasteiger partial charge in [0.1, 0.15) is 0 Å². The van der Waals surface area contributed by atoms with Crippen molar-refractivity contribution in [1.82, 2.24) is 15.1 Å². The summed E-state index contributed by atoms with van der Waals surface area (Å²) in [4.78, 5) is 30.3. The highest BCUT2D eigenvalue weighted by Crippen LogP contribution is 2.27. The molecular formula is C19H31N3O2S. The third-order valence-corrected chi connectivity index (χ3v) is 5.87. The average Bonchev–Trinajstić information content (AvgIpc) is 3.14. The summed E-state index contributed by atoms with van der Waals surface area (Å²) in [6, 6.07) is 4.20. The van der Waals surface area contributed by atoms with E-state index in [1.165, 1.54) is 4.88 Å². The van der Waals surface area contributed by atoms with Gasteiger partial charge in [-0.3, -0.25) is 4.79 Å². The van der Waals surface area contributed by atoms with Crippen molar-refractivity contribution in [2.24, 2.45) is 11.8 Å². The first-order valence-corrected chi connectivity index (χ1v) is 10.2. The van der Waals surface area contributed by atoms with Crippen LogP contribution in [0.4, 0.5) is 4.79 Å². The molecule has 1 saturated heterocycles. The molecule has 1 aliphatic heterocycles. The molecule has 140 valence electrons. The van der Waals surface area contributed by atoms with Crippen LogP contribution in [0.3, 0.4) is 0 Å². The molecule has 1 aliphatic rings. The Morgan fingerprint density at radius 2 is 2.08 bits per heavy atom. The lowest BCUT2D eigenvalue weighted by Crippen LogP contribution is -2.50. The van der Waals surface area contributed by atoms with E-state index in [0.717, 1.165) is 19.4 Å². The van der Waals surface area contributed by atoms with Gasteiger partial charge in [-0.15, -0.1) is 11.3 Å². The number of nitrogens with one attached hydrogen (secondary N) is 1. The minimum Gasteiger partial charge on any atom is -0.348 e. The Morgan fingerprint density at radius 1 is 1.36 bits per heavy atom. The van der Waals surface area contributed by atoms with Crippen molar-refractivity contribution < 1.29 is 9.59 Å². The number of nitrogens with zero attached hydrogens (tertiary/aromatic N) is 2. The van der Waals surface area contributed by atoms with Gasteiger partial charge >= 0.3 is 6.03 Å². The average molecular weight is 366 g/mol. The summed E-state index contributed by atoms with van der Waals surface area (Å²) in [7, 11) is 0. The van der Waals surface area contributed by atoms with E-state index >= 15 is 0 Å². The second-order valence-corrected chi connectivity index (χ2v) is 7.96. The van der Waals surface area contributed by atoms with Crippen molar-refractivity contribution in [2.45, 2.75) is 46.6 Å². The summed E-state index contributed by atoms with van der Waals surface area (Å²) in [5.74, 6) is 0.290. The van der Waals surface area contributed by atoms with Crippen LogP contribution in [0.5, 0.6) is 0 Å². The molecular weight excluding hydrogens is 334 g/mol. The van der Waals surface area contributed by atoms with Crippen molar-refractivity contribution in [1.29, 1.82) is 0 Å². The number of urea groups is 1. The van der Waals surface area contributed by atoms with Gasteiger partial charge in [-0.05, 0) is 44.1 Å². The van der Waals surface area contributed by atoms with Crippen LogP contribution in [-0.2, 0) is 4.79 Å². The van der Waals surface area contributed by atoms with E-state index in [9.17, 15) is 9.59 Å². The number of hydrogen-bond donors (Lipinski definition) is 1. The number of thiophene rings is 1. The Morgan fingerprint density at radius 3 is 2.64 bits per heavy atom. The van der Waals surface area contributed by atoms with Crippen LogP contribution in [0.15, 0.2) is 17.5 Å². The second-order valence-electron chi connectivity index (χ2n) is 6.99. The molecule has 25 heavy (non-hydrogen) atoms. The Balaban J connectivity index is 2.00. The van der Waals surface area contributed by atoms with Crippen molar-refractivity contribution in [3.8, 4) is 0 Å². The molecule has 1 aromatic heterocycles. The van der Waals surface area contributed by atoms with E-state index in [1.54, 1.807) is 11.3 Å². The predicted octanol–water partition coefficient (Wildman–Crippen LogP) is 3.74. The number of piperidine rings is 1. The van der Waals surface area contributed by atoms with E-state index < -0.39 is 0 Å². The molecule has 1 aromatic rings. The van der Waals surface area contributed by atoms with E-state index in [0.29, 0.717) is 25.6 Å². The molecule has 2 rings (SSSR count). The summed E-state index contributed by atoms with van der Waals surface area (Å²) in [5, 5.41) is 5.27. The highest BCUT2D eigenvalue weighted by Gasteiger charge is 2.31. The van der Waals surface area contributed by atoms with Crippen molar-refractivity contribution >= 4 is 23.3 Å². The third kappa shape index (κ3) is 4.97. The minimum absolute atomic E-state index is 0.0429. The number of rotatable bonds is 6. The highest BCUT2D eigenvalue weighted by molar-refractivity contribution is 7.10. The molecule has 2 heterocycles. The van der Waals surface area contributed by atoms with Crippen molar-refractivity contribution in [2.75, 3.05) is 26.2 Å². The zero-order valence-corrected chi connectivity index (χ0v) is 16.6. The molecule has 0 radical (unpaired) electrons. The zero-order chi connectivity index (χ0) is 18.4. The molecule has 0 aliphatic carbocycles. The smallest absolute Gasteiger partial charge is 0.320 e. The lowest BCUT2D eigenvalue weighted by Gasteiger charge is -2.36. The summed E-state index contributed by atoms with van der Waals surface area (Å²) < 4.78 is 0. The molecule has 0 bridgehead atoms. The molecule has 2 atom stereocenters. The van der Waals surface area contributed by atoms with Gasteiger partial charge in [0.2, 0.25) is 5.91 Å². The quantitative estimate of drug-likeness (QED) is 0.835. The van der Waals surface area contributed by atoms with E-state index in [4.69, 9.17) is 0 Å². The maximum Gasteiger partial charge on any atom is 0.320 e. The Labute approximate surface area is 155 Å². The van der Waals surface area contributed by atoms with Gasteiger partial charge in [0.15, 0.2) is 0 Å². The summed E-state index contributed by atoms with van der Waals surface area (Å²) in [5.41, 5.74) is 0. The molecule has 0 aromatic carbocycles. The normalized spacial score (nSPS) is 18.9. The number of likely N-dealkylation sites (tertiary alicyclic amines) is 1. The highest BCUT2D eigenvalue weighted by atomic mass is 32.1. The van der Waals surface area contributed by atoms with Gasteiger partial charge in [0.05, 0.1) is 12.0 Å². The molecule has 1 fully saturated rings. The van der Waals surface area contributed by atoms with Gasteiger partial charge in [-0.2, -0.15) is 0 Å². The predicted molar refractivity (Wildman–Crippen MR) is 103 cm³/mol. The summed E-state index contributed by atoms with van der Waals surface area (Å²) in [6.07, 6.45) is 1.74. The first-order chi connectivity index (χ1) is 12.0. The number of hydrogen-bond acceptors (Lipinski definition) is 3. The van der Waals surface area contributed by atoms with Crippen LogP contribution in [0.2, 0.25) is 0 Å². The Bertz CT molecular complexity index is 555. The second kappa shape index (κ2) is 9.22. The van der Waals surface area contributed by atoms with Crippen LogP contribution in [-0.4, -0.2) is 47.9 Å². The molecule has 1 N–H and O–H groups in total. The molecule has 0 spiro atoms. The number of carbonyl (C=O) groups is 2. The van der Waals surface area contributed by atoms with E-state index in [1.807, 2.05) is 35.1 Å². The van der Waals surface area contributed by atoms with Gasteiger partial charge < -0.3 is 15.1 Å². The van der Waals surface area contributed by atoms with Crippen molar-refractivity contribution in [3.63, 3.8) is 0 Å². The lowest BCUT2D eigenvalue weighted by atomic mass is 9.95. The van der Waals surface area contributed by atoms with Gasteiger partial charge in [0.25, 0.3) is 0 Å². The minimum atomic E-state index is -0.116. The Kier molecular flexibility index (Phi) is 7.29. The molecule has 0 unspecified atom stereocenters. The number of amides is 3. The van der Waals surface area contributed by atoms with Crippen LogP contribution in [0, 0.1) is 11.8 Å². The van der Waals surface area contributed by atoms with Gasteiger partial charge in [-0.25, -0.2) is 4.79 Å². The van der Waals surface area contributed by atoms with Crippen molar-refractivity contribution in [3.05, 3.63) is 22.4 Å². The fourth-order valence-electron chi connectivity index (χ4n) is 3.36. The largest absolute Gasteiger partial charge is 0.348 e. The first kappa shape index (κ1) is 19.8. The summed E-state index contributed by atoms with van der Waals surface area (Å²) in [6.45, 7) is 10.9. The number of carbonyl (C=O) groups excluding carboxylic acids is 2. The van der Waals surface area contributed by atoms with Crippen LogP contribution in [0.25, 0.3) is 0 Å². The van der Waals surface area contributed by atoms with E-state index in [2.05, 4.69) is 25.2 Å². The molecule has 3 amide bonds. The molecule has 5 nitrogen and oxygen atoms in total. The van der Waals surface area contributed by atoms with Gasteiger partial charge in [0, 0.05) is 31.1 Å². The van der Waals surface area contributed by atoms with Gasteiger partial charge in [-0.1, -0.05) is 19.9 Å². The SMILES string of the molecule is CCN(CC)C(=O)N1CCC[C@H](C(=O)N[C@@H](c2cccs2)C(C)C)C1. The van der Waals surface area contributed by atoms with Crippen LogP contribution >= 0.6 is 11.3 Å². The Hall–Kier alpha value is -1.56. The topological polar surface area (TPSA) is 52.7 Å². The zero-order valence-electron chi connectivity index (χ0n) is 15.8. The molecule has 6 heteroatoms. The van der Waals surface area contributed by atoms with E-state index in [-0.39, 0.29) is 23.9 Å². The van der Waals surface area contributed by atoms with Crippen LogP contribution < -0.4 is 5.32 Å². The third-order valence-electron chi connectivity index (χ3n) is 4.91. The maximum absolute atomic E-state index is 12.8. The molecule has 0 saturated carbocycles. The lowest BCUT2D eigenvalue weighted by molar-refractivity contribution is -0.127. The first-order valence-electron chi connectivity index (χ1n) is 9.35.